The molecule has 6 unspecified atom stereocenters. The molecule has 0 spiro atoms. The largest absolute Gasteiger partial charge is 0.462 e. The van der Waals surface area contributed by atoms with Gasteiger partial charge in [0, 0.05) is 45.3 Å². The van der Waals surface area contributed by atoms with Crippen LogP contribution < -0.4 is 0 Å². The third kappa shape index (κ3) is 16.5. The molecule has 70 heavy (non-hydrogen) atoms. The number of thioether (sulfide) groups is 4. The van der Waals surface area contributed by atoms with Crippen molar-refractivity contribution >= 4 is 86.1 Å². The van der Waals surface area contributed by atoms with E-state index in [-0.39, 0.29) is 110 Å². The summed E-state index contributed by atoms with van der Waals surface area (Å²) in [5.74, 6) is -0.577. The van der Waals surface area contributed by atoms with Crippen LogP contribution in [-0.4, -0.2) is 105 Å². The molecule has 14 nitrogen and oxygen atoms in total. The van der Waals surface area contributed by atoms with Gasteiger partial charge < -0.3 is 37.0 Å². The van der Waals surface area contributed by atoms with E-state index in [0.717, 1.165) is 64.2 Å². The van der Waals surface area contributed by atoms with Gasteiger partial charge in [-0.3, -0.25) is 18.7 Å². The van der Waals surface area contributed by atoms with Gasteiger partial charge >= 0.3 is 39.1 Å². The molecule has 0 radical (unpaired) electrons. The maximum absolute atomic E-state index is 14.6. The minimum Gasteiger partial charge on any atom is -0.462 e. The van der Waals surface area contributed by atoms with Crippen LogP contribution in [0.2, 0.25) is 0 Å². The maximum Gasteiger partial charge on any atom is 0.357 e. The first-order chi connectivity index (χ1) is 33.4. The molecule has 0 aromatic rings. The van der Waals surface area contributed by atoms with E-state index in [4.69, 9.17) is 37.0 Å². The Labute approximate surface area is 435 Å². The predicted molar refractivity (Wildman–Crippen MR) is 285 cm³/mol. The molecular formula is C50H80O14P2S4. The number of hydrogen-bond acceptors (Lipinski definition) is 18. The normalized spacial score (nSPS) is 25.3. The molecule has 0 N–H and O–H groups in total. The zero-order valence-electron chi connectivity index (χ0n) is 42.5. The minimum atomic E-state index is -3.55. The van der Waals surface area contributed by atoms with Gasteiger partial charge in [0.15, 0.2) is 7.64 Å². The van der Waals surface area contributed by atoms with Crippen molar-refractivity contribution in [2.75, 3.05) is 64.4 Å². The predicted octanol–water partition coefficient (Wildman–Crippen LogP) is 13.2. The summed E-state index contributed by atoms with van der Waals surface area (Å²) in [6, 6.07) is 0. The number of fused-ring (bicyclic) bond motifs is 4. The fourth-order valence-corrected chi connectivity index (χ4v) is 24.7. The summed E-state index contributed by atoms with van der Waals surface area (Å²) in [5.41, 5.74) is 0.573. The third-order valence-electron chi connectivity index (χ3n) is 12.5. The molecule has 2 fully saturated rings. The molecule has 398 valence electrons. The van der Waals surface area contributed by atoms with Crippen molar-refractivity contribution in [3.63, 3.8) is 0 Å². The number of rotatable bonds is 39. The van der Waals surface area contributed by atoms with Crippen LogP contribution in [0.4, 0.5) is 0 Å². The molecule has 4 rings (SSSR count). The van der Waals surface area contributed by atoms with E-state index in [2.05, 4.69) is 37.5 Å². The lowest BCUT2D eigenvalue weighted by atomic mass is 9.96. The highest BCUT2D eigenvalue weighted by Crippen LogP contribution is 2.82. The Balaban J connectivity index is 1.19. The van der Waals surface area contributed by atoms with Crippen molar-refractivity contribution in [3.05, 3.63) is 48.6 Å². The molecule has 6 atom stereocenters. The fraction of sp³-hybridized carbons (Fsp3) is 0.760. The van der Waals surface area contributed by atoms with Crippen LogP contribution in [0.15, 0.2) is 48.6 Å². The molecule has 0 amide bonds. The molecule has 2 aliphatic heterocycles. The first-order valence-corrected chi connectivity index (χ1v) is 31.9. The van der Waals surface area contributed by atoms with E-state index in [1.165, 1.54) is 12.8 Å². The molecule has 0 aromatic carbocycles. The highest BCUT2D eigenvalue weighted by Gasteiger charge is 2.68. The topological polar surface area (TPSA) is 176 Å². The lowest BCUT2D eigenvalue weighted by Crippen LogP contribution is -2.30. The summed E-state index contributed by atoms with van der Waals surface area (Å²) in [5, 5.41) is 0. The quantitative estimate of drug-likeness (QED) is 0.0142. The molecule has 4 aliphatic rings. The molecule has 0 aromatic heterocycles. The first-order valence-electron chi connectivity index (χ1n) is 25.2. The highest BCUT2D eigenvalue weighted by atomic mass is 32.2. The Kier molecular flexibility index (Phi) is 25.8. The van der Waals surface area contributed by atoms with E-state index < -0.39 is 34.8 Å². The van der Waals surface area contributed by atoms with Crippen LogP contribution in [0.25, 0.3) is 0 Å². The number of unbranched alkanes of at least 4 members (excludes halogenated alkanes) is 7. The summed E-state index contributed by atoms with van der Waals surface area (Å²) in [6.45, 7) is 18.6. The van der Waals surface area contributed by atoms with Gasteiger partial charge in [-0.15, -0.1) is 47.0 Å². The first kappa shape index (κ1) is 61.1. The van der Waals surface area contributed by atoms with Crippen molar-refractivity contribution in [2.45, 2.75) is 161 Å². The molecule has 0 saturated carbocycles. The van der Waals surface area contributed by atoms with Crippen molar-refractivity contribution in [1.29, 1.82) is 0 Å². The lowest BCUT2D eigenvalue weighted by molar-refractivity contribution is -0.150. The average molecular weight is 1100 g/mol. The summed E-state index contributed by atoms with van der Waals surface area (Å²) in [7, 11) is -7.10. The Bertz CT molecular complexity index is 1780. The second kappa shape index (κ2) is 29.6. The maximum atomic E-state index is 14.6. The molecule has 2 aliphatic carbocycles. The van der Waals surface area contributed by atoms with Gasteiger partial charge in [-0.2, -0.15) is 0 Å². The molecule has 20 heteroatoms. The van der Waals surface area contributed by atoms with Gasteiger partial charge in [0.1, 0.15) is 26.4 Å². The van der Waals surface area contributed by atoms with E-state index in [0.29, 0.717) is 24.3 Å². The van der Waals surface area contributed by atoms with Crippen LogP contribution in [-0.2, 0) is 65.4 Å². The van der Waals surface area contributed by atoms with Gasteiger partial charge in [-0.25, -0.2) is 9.59 Å². The fourth-order valence-electron chi connectivity index (χ4n) is 9.27. The standard InChI is InChI=1S/C50H80O14P2S4/c1-9-61-65(55,62-10-2)49(67-35-21-23-43(51)57-31-33-59-45(53)39(5)6)41-25-29-47(37-41,69-49)27-19-17-15-13-14-16-18-20-28-48-30-26-42(38-48)50(70-48,66(56,63-11-3)64-12-4)68-36-22-24-44(52)58-32-34-60-46(54)40(7)8/h25-26,29-30,41-42H,5,7,9-24,27-28,31-38H2,1-4,6,8H3. The Morgan fingerprint density at radius 3 is 1.20 bits per heavy atom. The molecule has 4 bridgehead atoms. The SMILES string of the molecule is C=C(C)C(=O)OCCOC(=O)CCCSC1(P(=O)(OCC)OCC)SC2(CCCCCCCCCCC34C=CC(C3)C(SCCCC(=O)OCCOC(=O)C(=C)C)(P(=O)(OCC)OCC)S4)C=CC1C2. The minimum absolute atomic E-state index is 0.0171. The molecule has 2 saturated heterocycles. The van der Waals surface area contributed by atoms with Gasteiger partial charge in [0.05, 0.1) is 26.4 Å². The summed E-state index contributed by atoms with van der Waals surface area (Å²) in [6.07, 6.45) is 23.4. The number of carbonyl (C=O) groups is 4. The van der Waals surface area contributed by atoms with Crippen LogP contribution in [0.5, 0.6) is 0 Å². The Morgan fingerprint density at radius 2 is 0.871 bits per heavy atom. The second-order valence-corrected chi connectivity index (χ2v) is 30.3. The zero-order chi connectivity index (χ0) is 51.3. The van der Waals surface area contributed by atoms with Gasteiger partial charge in [-0.1, -0.05) is 88.8 Å². The summed E-state index contributed by atoms with van der Waals surface area (Å²) < 4.78 is 72.0. The zero-order valence-corrected chi connectivity index (χ0v) is 47.6. The average Bonchev–Trinajstić information content (AvgIpc) is 4.10. The summed E-state index contributed by atoms with van der Waals surface area (Å²) in [4.78, 5) is 48.0. The van der Waals surface area contributed by atoms with Crippen molar-refractivity contribution < 1.29 is 65.4 Å². The monoisotopic (exact) mass is 1090 g/mol. The number of ether oxygens (including phenoxy) is 4. The van der Waals surface area contributed by atoms with Crippen molar-refractivity contribution in [2.24, 2.45) is 11.8 Å². The molecule has 2 heterocycles. The van der Waals surface area contributed by atoms with Crippen LogP contribution in [0, 0.1) is 11.8 Å². The number of carbonyl (C=O) groups excluding carboxylic acids is 4. The van der Waals surface area contributed by atoms with Crippen LogP contribution >= 0.6 is 62.2 Å². The Hall–Kier alpha value is -1.46. The number of esters is 4. The van der Waals surface area contributed by atoms with Gasteiger partial charge in [0.2, 0.25) is 0 Å². The van der Waals surface area contributed by atoms with Gasteiger partial charge in [-0.05, 0) is 91.6 Å². The van der Waals surface area contributed by atoms with Crippen molar-refractivity contribution in [1.82, 2.24) is 0 Å². The summed E-state index contributed by atoms with van der Waals surface area (Å²) >= 11 is 6.70. The van der Waals surface area contributed by atoms with E-state index in [1.807, 2.05) is 27.7 Å². The number of allylic oxidation sites excluding steroid dienone is 2. The van der Waals surface area contributed by atoms with E-state index in [9.17, 15) is 28.3 Å². The second-order valence-electron chi connectivity index (χ2n) is 18.1. The van der Waals surface area contributed by atoms with Crippen molar-refractivity contribution in [3.8, 4) is 0 Å². The lowest BCUT2D eigenvalue weighted by Gasteiger charge is -2.40. The smallest absolute Gasteiger partial charge is 0.357 e. The van der Waals surface area contributed by atoms with E-state index >= 15 is 0 Å². The molecular weight excluding hydrogens is 1010 g/mol. The van der Waals surface area contributed by atoms with Crippen LogP contribution in [0.1, 0.15) is 144 Å². The van der Waals surface area contributed by atoms with Crippen LogP contribution in [0.3, 0.4) is 0 Å². The third-order valence-corrected chi connectivity index (χ3v) is 27.7. The Morgan fingerprint density at radius 1 is 0.543 bits per heavy atom. The van der Waals surface area contributed by atoms with Gasteiger partial charge in [0.25, 0.3) is 0 Å². The number of hydrogen-bond donors (Lipinski definition) is 0. The van der Waals surface area contributed by atoms with E-state index in [1.54, 1.807) is 60.9 Å². The highest BCUT2D eigenvalue weighted by molar-refractivity contribution is 8.26.